The van der Waals surface area contributed by atoms with E-state index in [1.165, 1.54) is 19.3 Å². The van der Waals surface area contributed by atoms with Crippen molar-refractivity contribution in [2.24, 2.45) is 5.73 Å². The second kappa shape index (κ2) is 5.69. The van der Waals surface area contributed by atoms with Crippen LogP contribution in [-0.4, -0.2) is 29.6 Å². The van der Waals surface area contributed by atoms with Crippen molar-refractivity contribution >= 4 is 0 Å². The molecule has 1 saturated heterocycles. The number of rotatable bonds is 4. The Kier molecular flexibility index (Phi) is 4.24. The first-order chi connectivity index (χ1) is 8.22. The first-order valence-electron chi connectivity index (χ1n) is 6.72. The van der Waals surface area contributed by atoms with Crippen LogP contribution >= 0.6 is 0 Å². The molecule has 1 fully saturated rings. The third kappa shape index (κ3) is 2.90. The molecule has 96 valence electrons. The predicted octanol–water partition coefficient (Wildman–Crippen LogP) is 2.41. The Morgan fingerprint density at radius 2 is 2.35 bits per heavy atom. The zero-order valence-corrected chi connectivity index (χ0v) is 10.9. The van der Waals surface area contributed by atoms with Crippen LogP contribution in [0.5, 0.6) is 0 Å². The number of nitrogens with two attached hydrogens (primary N) is 1. The van der Waals surface area contributed by atoms with Gasteiger partial charge in [-0.2, -0.15) is 0 Å². The summed E-state index contributed by atoms with van der Waals surface area (Å²) >= 11 is 0. The van der Waals surface area contributed by atoms with Gasteiger partial charge in [0.05, 0.1) is 6.26 Å². The molecule has 0 bridgehead atoms. The van der Waals surface area contributed by atoms with Gasteiger partial charge in [-0.1, -0.05) is 6.42 Å². The lowest BCUT2D eigenvalue weighted by Crippen LogP contribution is -2.53. The van der Waals surface area contributed by atoms with Gasteiger partial charge in [0, 0.05) is 31.1 Å². The van der Waals surface area contributed by atoms with E-state index in [1.54, 1.807) is 6.26 Å². The summed E-state index contributed by atoms with van der Waals surface area (Å²) in [6, 6.07) is 5.71. The minimum atomic E-state index is 0.505. The van der Waals surface area contributed by atoms with Gasteiger partial charge in [-0.25, -0.2) is 0 Å². The minimum absolute atomic E-state index is 0.505. The Balaban J connectivity index is 2.02. The quantitative estimate of drug-likeness (QED) is 0.873. The minimum Gasteiger partial charge on any atom is -0.469 e. The summed E-state index contributed by atoms with van der Waals surface area (Å²) in [6.45, 7) is 5.38. The summed E-state index contributed by atoms with van der Waals surface area (Å²) in [5.41, 5.74) is 5.90. The average molecular weight is 236 g/mol. The predicted molar refractivity (Wildman–Crippen MR) is 69.9 cm³/mol. The van der Waals surface area contributed by atoms with E-state index in [0.29, 0.717) is 18.1 Å². The number of nitrogens with zero attached hydrogens (tertiary/aromatic N) is 1. The van der Waals surface area contributed by atoms with Crippen molar-refractivity contribution in [1.82, 2.24) is 4.90 Å². The molecule has 2 heterocycles. The molecular weight excluding hydrogens is 212 g/mol. The second-order valence-corrected chi connectivity index (χ2v) is 5.25. The van der Waals surface area contributed by atoms with Crippen molar-refractivity contribution in [3.8, 4) is 0 Å². The lowest BCUT2D eigenvalue weighted by molar-refractivity contribution is 0.0555. The molecular formula is C14H24N2O. The van der Waals surface area contributed by atoms with E-state index in [4.69, 9.17) is 10.2 Å². The highest BCUT2D eigenvalue weighted by atomic mass is 16.3. The van der Waals surface area contributed by atoms with E-state index in [2.05, 4.69) is 24.8 Å². The second-order valence-electron chi connectivity index (χ2n) is 5.25. The lowest BCUT2D eigenvalue weighted by atomic mass is 9.93. The van der Waals surface area contributed by atoms with E-state index < -0.39 is 0 Å². The monoisotopic (exact) mass is 236 g/mol. The third-order valence-electron chi connectivity index (χ3n) is 3.95. The average Bonchev–Trinajstić information content (AvgIpc) is 2.81. The normalized spacial score (nSPS) is 28.2. The Labute approximate surface area is 104 Å². The van der Waals surface area contributed by atoms with Crippen molar-refractivity contribution in [2.75, 3.05) is 6.54 Å². The molecule has 0 saturated carbocycles. The molecule has 3 nitrogen and oxygen atoms in total. The van der Waals surface area contributed by atoms with E-state index in [1.807, 2.05) is 6.07 Å². The molecule has 1 aromatic heterocycles. The maximum Gasteiger partial charge on any atom is 0.105 e. The van der Waals surface area contributed by atoms with Gasteiger partial charge in [0.15, 0.2) is 0 Å². The number of likely N-dealkylation sites (tertiary alicyclic amines) is 1. The third-order valence-corrected chi connectivity index (χ3v) is 3.95. The maximum absolute atomic E-state index is 5.90. The summed E-state index contributed by atoms with van der Waals surface area (Å²) < 4.78 is 5.44. The topological polar surface area (TPSA) is 42.4 Å². The molecule has 3 atom stereocenters. The Bertz CT molecular complexity index is 323. The zero-order valence-electron chi connectivity index (χ0n) is 10.9. The SMILES string of the molecule is CC1CCCC(CN)N1C(C)Cc1ccco1. The molecule has 0 radical (unpaired) electrons. The van der Waals surface area contributed by atoms with Crippen LogP contribution in [0.1, 0.15) is 38.9 Å². The van der Waals surface area contributed by atoms with Gasteiger partial charge in [0.2, 0.25) is 0 Å². The van der Waals surface area contributed by atoms with Gasteiger partial charge in [-0.05, 0) is 38.8 Å². The Morgan fingerprint density at radius 3 is 3.00 bits per heavy atom. The first-order valence-corrected chi connectivity index (χ1v) is 6.72. The fourth-order valence-corrected chi connectivity index (χ4v) is 3.17. The molecule has 0 spiro atoms. The van der Waals surface area contributed by atoms with Crippen LogP contribution in [0.4, 0.5) is 0 Å². The standard InChI is InChI=1S/C14H24N2O/c1-11-5-3-6-13(10-15)16(11)12(2)9-14-7-4-8-17-14/h4,7-8,11-13H,3,5-6,9-10,15H2,1-2H3. The summed E-state index contributed by atoms with van der Waals surface area (Å²) in [5, 5.41) is 0. The van der Waals surface area contributed by atoms with Gasteiger partial charge in [-0.15, -0.1) is 0 Å². The maximum atomic E-state index is 5.90. The molecule has 2 rings (SSSR count). The highest BCUT2D eigenvalue weighted by Crippen LogP contribution is 2.26. The van der Waals surface area contributed by atoms with Crippen LogP contribution in [0.25, 0.3) is 0 Å². The largest absolute Gasteiger partial charge is 0.469 e. The summed E-state index contributed by atoms with van der Waals surface area (Å²) in [6.07, 6.45) is 6.57. The molecule has 1 aliphatic rings. The number of furan rings is 1. The van der Waals surface area contributed by atoms with E-state index in [-0.39, 0.29) is 0 Å². The van der Waals surface area contributed by atoms with Crippen molar-refractivity contribution in [3.63, 3.8) is 0 Å². The van der Waals surface area contributed by atoms with E-state index >= 15 is 0 Å². The Hall–Kier alpha value is -0.800. The van der Waals surface area contributed by atoms with E-state index in [0.717, 1.165) is 18.7 Å². The molecule has 3 heteroatoms. The summed E-state index contributed by atoms with van der Waals surface area (Å²) in [4.78, 5) is 2.59. The van der Waals surface area contributed by atoms with Gasteiger partial charge < -0.3 is 10.2 Å². The summed E-state index contributed by atoms with van der Waals surface area (Å²) in [5.74, 6) is 1.08. The fraction of sp³-hybridized carbons (Fsp3) is 0.714. The fourth-order valence-electron chi connectivity index (χ4n) is 3.17. The lowest BCUT2D eigenvalue weighted by Gasteiger charge is -2.44. The number of hydrogen-bond donors (Lipinski definition) is 1. The van der Waals surface area contributed by atoms with Crippen LogP contribution in [0.15, 0.2) is 22.8 Å². The van der Waals surface area contributed by atoms with Crippen molar-refractivity contribution in [2.45, 2.75) is 57.7 Å². The van der Waals surface area contributed by atoms with Crippen LogP contribution in [0, 0.1) is 0 Å². The van der Waals surface area contributed by atoms with Crippen molar-refractivity contribution in [3.05, 3.63) is 24.2 Å². The number of piperidine rings is 1. The molecule has 17 heavy (non-hydrogen) atoms. The molecule has 2 N–H and O–H groups in total. The zero-order chi connectivity index (χ0) is 12.3. The van der Waals surface area contributed by atoms with Gasteiger partial charge in [0.1, 0.15) is 5.76 Å². The molecule has 0 aliphatic carbocycles. The highest BCUT2D eigenvalue weighted by molar-refractivity contribution is 5.01. The van der Waals surface area contributed by atoms with E-state index in [9.17, 15) is 0 Å². The molecule has 0 amide bonds. The van der Waals surface area contributed by atoms with Crippen LogP contribution < -0.4 is 5.73 Å². The number of hydrogen-bond acceptors (Lipinski definition) is 3. The molecule has 0 aromatic carbocycles. The highest BCUT2D eigenvalue weighted by Gasteiger charge is 2.30. The van der Waals surface area contributed by atoms with Gasteiger partial charge >= 0.3 is 0 Å². The van der Waals surface area contributed by atoms with Crippen molar-refractivity contribution < 1.29 is 4.42 Å². The summed E-state index contributed by atoms with van der Waals surface area (Å²) in [7, 11) is 0. The van der Waals surface area contributed by atoms with Crippen LogP contribution in [0.2, 0.25) is 0 Å². The molecule has 1 aliphatic heterocycles. The Morgan fingerprint density at radius 1 is 1.53 bits per heavy atom. The van der Waals surface area contributed by atoms with Crippen LogP contribution in [0.3, 0.4) is 0 Å². The van der Waals surface area contributed by atoms with Crippen molar-refractivity contribution in [1.29, 1.82) is 0 Å². The first kappa shape index (κ1) is 12.7. The smallest absolute Gasteiger partial charge is 0.105 e. The van der Waals surface area contributed by atoms with Gasteiger partial charge in [-0.3, -0.25) is 4.90 Å². The van der Waals surface area contributed by atoms with Crippen LogP contribution in [-0.2, 0) is 6.42 Å². The molecule has 1 aromatic rings. The molecule has 3 unspecified atom stereocenters. The van der Waals surface area contributed by atoms with Gasteiger partial charge in [0.25, 0.3) is 0 Å².